The van der Waals surface area contributed by atoms with Gasteiger partial charge in [-0.05, 0) is 36.5 Å². The van der Waals surface area contributed by atoms with Crippen LogP contribution in [0.1, 0.15) is 30.9 Å². The number of aliphatic hydroxyl groups excluding tert-OH is 1. The molecule has 1 amide bonds. The van der Waals surface area contributed by atoms with Gasteiger partial charge in [-0.2, -0.15) is 0 Å². The summed E-state index contributed by atoms with van der Waals surface area (Å²) in [5.41, 5.74) is 3.36. The Morgan fingerprint density at radius 1 is 1.42 bits per heavy atom. The standard InChI is InChI=1S/C14H15N3O2/c18-6-8-4-10-13-11(5-8)16-14(19)12(9-2-1-3-9)17(13)7-15-10/h4-5,7,9,12,18H,1-3,6H2,(H,16,19). The molecule has 98 valence electrons. The number of nitrogens with zero attached hydrogens (tertiary/aromatic N) is 2. The molecule has 0 bridgehead atoms. The molecule has 2 aromatic rings. The molecule has 4 rings (SSSR count). The molecule has 2 heterocycles. The first kappa shape index (κ1) is 11.0. The molecular formula is C14H15N3O2. The van der Waals surface area contributed by atoms with Gasteiger partial charge >= 0.3 is 0 Å². The number of carbonyl (C=O) groups is 1. The lowest BCUT2D eigenvalue weighted by Crippen LogP contribution is -2.37. The topological polar surface area (TPSA) is 67.2 Å². The predicted molar refractivity (Wildman–Crippen MR) is 70.7 cm³/mol. The van der Waals surface area contributed by atoms with Crippen LogP contribution < -0.4 is 5.32 Å². The fraction of sp³-hybridized carbons (Fsp3) is 0.429. The van der Waals surface area contributed by atoms with Gasteiger partial charge in [-0.25, -0.2) is 4.98 Å². The third kappa shape index (κ3) is 1.45. The Morgan fingerprint density at radius 2 is 2.26 bits per heavy atom. The number of hydrogen-bond acceptors (Lipinski definition) is 3. The highest BCUT2D eigenvalue weighted by Crippen LogP contribution is 2.42. The first-order valence-corrected chi connectivity index (χ1v) is 6.69. The van der Waals surface area contributed by atoms with Crippen LogP contribution in [0.4, 0.5) is 5.69 Å². The molecule has 0 spiro atoms. The highest BCUT2D eigenvalue weighted by Gasteiger charge is 2.37. The fourth-order valence-corrected chi connectivity index (χ4v) is 3.16. The Labute approximate surface area is 110 Å². The largest absolute Gasteiger partial charge is 0.392 e. The van der Waals surface area contributed by atoms with Crippen LogP contribution in [-0.2, 0) is 11.4 Å². The van der Waals surface area contributed by atoms with Gasteiger partial charge in [-0.3, -0.25) is 4.79 Å². The van der Waals surface area contributed by atoms with Crippen molar-refractivity contribution in [2.75, 3.05) is 5.32 Å². The summed E-state index contributed by atoms with van der Waals surface area (Å²) in [6.07, 6.45) is 5.20. The van der Waals surface area contributed by atoms with Crippen molar-refractivity contribution < 1.29 is 9.90 Å². The molecular weight excluding hydrogens is 242 g/mol. The van der Waals surface area contributed by atoms with Crippen LogP contribution in [0.3, 0.4) is 0 Å². The number of hydrogen-bond donors (Lipinski definition) is 2. The van der Waals surface area contributed by atoms with Gasteiger partial charge in [0.05, 0.1) is 29.7 Å². The third-order valence-corrected chi connectivity index (χ3v) is 4.33. The summed E-state index contributed by atoms with van der Waals surface area (Å²) in [6.45, 7) is -0.0439. The van der Waals surface area contributed by atoms with E-state index >= 15 is 0 Å². The zero-order valence-electron chi connectivity index (χ0n) is 10.5. The molecule has 5 nitrogen and oxygen atoms in total. The van der Waals surface area contributed by atoms with Gasteiger partial charge in [0.15, 0.2) is 0 Å². The quantitative estimate of drug-likeness (QED) is 0.862. The Balaban J connectivity index is 1.92. The maximum absolute atomic E-state index is 12.3. The van der Waals surface area contributed by atoms with Gasteiger partial charge in [0.25, 0.3) is 0 Å². The van der Waals surface area contributed by atoms with Gasteiger partial charge in [-0.1, -0.05) is 6.42 Å². The number of imidazole rings is 1. The lowest BCUT2D eigenvalue weighted by Gasteiger charge is -2.36. The van der Waals surface area contributed by atoms with E-state index in [9.17, 15) is 9.90 Å². The van der Waals surface area contributed by atoms with Gasteiger partial charge in [0, 0.05) is 0 Å². The van der Waals surface area contributed by atoms with E-state index in [0.29, 0.717) is 5.92 Å². The Kier molecular flexibility index (Phi) is 2.20. The number of amides is 1. The van der Waals surface area contributed by atoms with Crippen LogP contribution in [-0.4, -0.2) is 20.6 Å². The van der Waals surface area contributed by atoms with E-state index in [2.05, 4.69) is 10.3 Å². The normalized spacial score (nSPS) is 22.4. The maximum atomic E-state index is 12.3. The van der Waals surface area contributed by atoms with Crippen molar-refractivity contribution in [3.8, 4) is 0 Å². The van der Waals surface area contributed by atoms with Crippen LogP contribution in [0.25, 0.3) is 11.0 Å². The second kappa shape index (κ2) is 3.81. The van der Waals surface area contributed by atoms with Crippen LogP contribution in [0, 0.1) is 5.92 Å². The average Bonchev–Trinajstić information content (AvgIpc) is 2.76. The lowest BCUT2D eigenvalue weighted by atomic mass is 9.78. The van der Waals surface area contributed by atoms with E-state index in [1.54, 1.807) is 6.33 Å². The van der Waals surface area contributed by atoms with Crippen LogP contribution in [0.15, 0.2) is 18.5 Å². The van der Waals surface area contributed by atoms with E-state index < -0.39 is 0 Å². The molecule has 1 aromatic carbocycles. The molecule has 1 fully saturated rings. The number of carbonyl (C=O) groups excluding carboxylic acids is 1. The zero-order chi connectivity index (χ0) is 13.0. The Morgan fingerprint density at radius 3 is 2.95 bits per heavy atom. The highest BCUT2D eigenvalue weighted by atomic mass is 16.3. The van der Waals surface area contributed by atoms with Crippen LogP contribution in [0.2, 0.25) is 0 Å². The summed E-state index contributed by atoms with van der Waals surface area (Å²) in [6, 6.07) is 3.59. The molecule has 1 aliphatic carbocycles. The number of anilines is 1. The zero-order valence-corrected chi connectivity index (χ0v) is 10.5. The fourth-order valence-electron chi connectivity index (χ4n) is 3.16. The lowest BCUT2D eigenvalue weighted by molar-refractivity contribution is -0.121. The summed E-state index contributed by atoms with van der Waals surface area (Å²) in [5, 5.41) is 12.2. The molecule has 0 saturated heterocycles. The van der Waals surface area contributed by atoms with Crippen molar-refractivity contribution in [2.45, 2.75) is 31.9 Å². The molecule has 2 N–H and O–H groups in total. The number of nitrogens with one attached hydrogen (secondary N) is 1. The van der Waals surface area contributed by atoms with Gasteiger partial charge in [0.1, 0.15) is 6.04 Å². The van der Waals surface area contributed by atoms with Crippen molar-refractivity contribution >= 4 is 22.6 Å². The number of rotatable bonds is 2. The minimum absolute atomic E-state index is 0.0439. The molecule has 5 heteroatoms. The third-order valence-electron chi connectivity index (χ3n) is 4.33. The minimum atomic E-state index is -0.119. The van der Waals surface area contributed by atoms with Crippen molar-refractivity contribution in [1.29, 1.82) is 0 Å². The maximum Gasteiger partial charge on any atom is 0.247 e. The number of benzene rings is 1. The van der Waals surface area contributed by atoms with Crippen molar-refractivity contribution in [2.24, 2.45) is 5.92 Å². The van der Waals surface area contributed by atoms with Crippen molar-refractivity contribution in [3.63, 3.8) is 0 Å². The van der Waals surface area contributed by atoms with Crippen molar-refractivity contribution in [3.05, 3.63) is 24.0 Å². The summed E-state index contributed by atoms with van der Waals surface area (Å²) in [5.74, 6) is 0.481. The molecule has 1 aliphatic heterocycles. The van der Waals surface area contributed by atoms with E-state index in [4.69, 9.17) is 0 Å². The smallest absolute Gasteiger partial charge is 0.247 e. The van der Waals surface area contributed by atoms with Gasteiger partial charge < -0.3 is 15.0 Å². The molecule has 1 atom stereocenters. The predicted octanol–water partition coefficient (Wildman–Crippen LogP) is 1.82. The summed E-state index contributed by atoms with van der Waals surface area (Å²) >= 11 is 0. The van der Waals surface area contributed by atoms with E-state index in [1.165, 1.54) is 6.42 Å². The molecule has 0 radical (unpaired) electrons. The summed E-state index contributed by atoms with van der Waals surface area (Å²) < 4.78 is 2.01. The second-order valence-corrected chi connectivity index (χ2v) is 5.45. The average molecular weight is 257 g/mol. The van der Waals surface area contributed by atoms with Crippen molar-refractivity contribution in [1.82, 2.24) is 9.55 Å². The Bertz CT molecular complexity index is 673. The SMILES string of the molecule is O=C1Nc2cc(CO)cc3ncn(c23)C1C1CCC1. The Hall–Kier alpha value is -1.88. The van der Waals surface area contributed by atoms with Crippen LogP contribution in [0.5, 0.6) is 0 Å². The second-order valence-electron chi connectivity index (χ2n) is 5.45. The number of aliphatic hydroxyl groups is 1. The first-order chi connectivity index (χ1) is 9.28. The molecule has 1 saturated carbocycles. The van der Waals surface area contributed by atoms with E-state index in [0.717, 1.165) is 35.1 Å². The number of aromatic nitrogens is 2. The van der Waals surface area contributed by atoms with Crippen LogP contribution >= 0.6 is 0 Å². The first-order valence-electron chi connectivity index (χ1n) is 6.69. The monoisotopic (exact) mass is 257 g/mol. The minimum Gasteiger partial charge on any atom is -0.392 e. The highest BCUT2D eigenvalue weighted by molar-refractivity contribution is 6.05. The summed E-state index contributed by atoms with van der Waals surface area (Å²) in [4.78, 5) is 16.7. The van der Waals surface area contributed by atoms with E-state index in [-0.39, 0.29) is 18.6 Å². The molecule has 2 aliphatic rings. The van der Waals surface area contributed by atoms with E-state index in [1.807, 2.05) is 16.7 Å². The molecule has 1 unspecified atom stereocenters. The van der Waals surface area contributed by atoms with Gasteiger partial charge in [0.2, 0.25) is 5.91 Å². The summed E-state index contributed by atoms with van der Waals surface area (Å²) in [7, 11) is 0. The molecule has 1 aromatic heterocycles. The van der Waals surface area contributed by atoms with Gasteiger partial charge in [-0.15, -0.1) is 0 Å². The molecule has 19 heavy (non-hydrogen) atoms.